The Morgan fingerprint density at radius 2 is 2.04 bits per heavy atom. The molecular weight excluding hydrogens is 305 g/mol. The third kappa shape index (κ3) is 3.60. The third-order valence-electron chi connectivity index (χ3n) is 4.29. The monoisotopic (exact) mass is 322 g/mol. The molecule has 0 spiro atoms. The van der Waals surface area contributed by atoms with E-state index in [1.807, 2.05) is 0 Å². The molecule has 3 rings (SSSR count). The van der Waals surface area contributed by atoms with Crippen LogP contribution in [0.4, 0.5) is 19.0 Å². The van der Waals surface area contributed by atoms with E-state index >= 15 is 0 Å². The minimum absolute atomic E-state index is 0.0248. The molecule has 2 aromatic heterocycles. The maximum atomic E-state index is 13.1. The van der Waals surface area contributed by atoms with E-state index in [1.165, 1.54) is 6.20 Å². The molecular formula is C16H17F3N4. The zero-order chi connectivity index (χ0) is 16.5. The van der Waals surface area contributed by atoms with E-state index in [4.69, 9.17) is 0 Å². The molecule has 1 aliphatic carbocycles. The largest absolute Gasteiger partial charge is 0.433 e. The minimum Gasteiger partial charge on any atom is -0.369 e. The Hall–Kier alpha value is -2.18. The summed E-state index contributed by atoms with van der Waals surface area (Å²) in [5.41, 5.74) is -0.286. The van der Waals surface area contributed by atoms with Crippen LogP contribution in [0, 0.1) is 5.41 Å². The number of hydrogen-bond acceptors (Lipinski definition) is 4. The van der Waals surface area contributed by atoms with Crippen molar-refractivity contribution in [3.05, 3.63) is 36.3 Å². The molecule has 0 aliphatic heterocycles. The van der Waals surface area contributed by atoms with Crippen LogP contribution in [-0.2, 0) is 6.18 Å². The Bertz CT molecular complexity index is 681. The minimum atomic E-state index is -4.52. The van der Waals surface area contributed by atoms with E-state index < -0.39 is 11.9 Å². The van der Waals surface area contributed by atoms with Crippen LogP contribution in [0.1, 0.15) is 31.9 Å². The highest BCUT2D eigenvalue weighted by molar-refractivity contribution is 5.56. The van der Waals surface area contributed by atoms with E-state index in [-0.39, 0.29) is 17.1 Å². The van der Waals surface area contributed by atoms with E-state index in [0.29, 0.717) is 12.1 Å². The number of halogens is 3. The Morgan fingerprint density at radius 1 is 1.26 bits per heavy atom. The Kier molecular flexibility index (Phi) is 3.95. The molecule has 0 atom stereocenters. The van der Waals surface area contributed by atoms with E-state index in [0.717, 1.165) is 25.3 Å². The fraction of sp³-hybridized carbons (Fsp3) is 0.438. The van der Waals surface area contributed by atoms with E-state index in [9.17, 15) is 13.2 Å². The molecule has 7 heteroatoms. The lowest BCUT2D eigenvalue weighted by Gasteiger charge is -2.16. The predicted molar refractivity (Wildman–Crippen MR) is 80.7 cm³/mol. The SMILES string of the molecule is CCC1(CNc2cc(C(F)(F)F)nc(-c3cccnc3)n2)CC1. The highest BCUT2D eigenvalue weighted by Crippen LogP contribution is 2.48. The van der Waals surface area contributed by atoms with E-state index in [1.54, 1.807) is 18.3 Å². The summed E-state index contributed by atoms with van der Waals surface area (Å²) in [6, 6.07) is 4.24. The van der Waals surface area contributed by atoms with Gasteiger partial charge in [0.15, 0.2) is 11.5 Å². The number of aromatic nitrogens is 3. The molecule has 122 valence electrons. The Labute approximate surface area is 132 Å². The number of pyridine rings is 1. The van der Waals surface area contributed by atoms with Crippen molar-refractivity contribution in [2.75, 3.05) is 11.9 Å². The summed E-state index contributed by atoms with van der Waals surface area (Å²) in [5.74, 6) is 0.225. The van der Waals surface area contributed by atoms with Gasteiger partial charge in [0, 0.05) is 30.6 Å². The van der Waals surface area contributed by atoms with Crippen molar-refractivity contribution < 1.29 is 13.2 Å². The number of rotatable bonds is 5. The molecule has 0 unspecified atom stereocenters. The number of anilines is 1. The van der Waals surface area contributed by atoms with Crippen LogP contribution < -0.4 is 5.32 Å². The number of hydrogen-bond donors (Lipinski definition) is 1. The number of nitrogens with one attached hydrogen (secondary N) is 1. The summed E-state index contributed by atoms with van der Waals surface area (Å²) >= 11 is 0. The van der Waals surface area contributed by atoms with Crippen LogP contribution in [0.15, 0.2) is 30.6 Å². The quantitative estimate of drug-likeness (QED) is 0.898. The second-order valence-corrected chi connectivity index (χ2v) is 5.91. The van der Waals surface area contributed by atoms with Crippen LogP contribution in [0.5, 0.6) is 0 Å². The fourth-order valence-electron chi connectivity index (χ4n) is 2.42. The first kappa shape index (κ1) is 15.7. The zero-order valence-corrected chi connectivity index (χ0v) is 12.7. The summed E-state index contributed by atoms with van der Waals surface area (Å²) in [5, 5.41) is 3.05. The topological polar surface area (TPSA) is 50.7 Å². The average molecular weight is 322 g/mol. The Balaban J connectivity index is 1.92. The van der Waals surface area contributed by atoms with Gasteiger partial charge in [-0.1, -0.05) is 6.92 Å². The molecule has 2 heterocycles. The van der Waals surface area contributed by atoms with Gasteiger partial charge in [-0.2, -0.15) is 13.2 Å². The molecule has 0 radical (unpaired) electrons. The maximum Gasteiger partial charge on any atom is 0.433 e. The summed E-state index contributed by atoms with van der Waals surface area (Å²) in [6.45, 7) is 2.72. The van der Waals surface area contributed by atoms with Gasteiger partial charge < -0.3 is 5.32 Å². The van der Waals surface area contributed by atoms with Crippen LogP contribution in [-0.4, -0.2) is 21.5 Å². The first-order valence-corrected chi connectivity index (χ1v) is 7.52. The second-order valence-electron chi connectivity index (χ2n) is 5.91. The molecule has 0 saturated heterocycles. The maximum absolute atomic E-state index is 13.1. The molecule has 1 fully saturated rings. The Morgan fingerprint density at radius 3 is 2.61 bits per heavy atom. The van der Waals surface area contributed by atoms with Crippen molar-refractivity contribution >= 4 is 5.82 Å². The van der Waals surface area contributed by atoms with E-state index in [2.05, 4.69) is 27.2 Å². The molecule has 2 aromatic rings. The molecule has 0 amide bonds. The smallest absolute Gasteiger partial charge is 0.369 e. The molecule has 0 aromatic carbocycles. The lowest BCUT2D eigenvalue weighted by molar-refractivity contribution is -0.141. The van der Waals surface area contributed by atoms with Gasteiger partial charge in [0.1, 0.15) is 5.82 Å². The van der Waals surface area contributed by atoms with Crippen molar-refractivity contribution in [2.24, 2.45) is 5.41 Å². The first-order chi connectivity index (χ1) is 10.9. The predicted octanol–water partition coefficient (Wildman–Crippen LogP) is 4.16. The second kappa shape index (κ2) is 5.79. The fourth-order valence-corrected chi connectivity index (χ4v) is 2.42. The zero-order valence-electron chi connectivity index (χ0n) is 12.7. The summed E-state index contributed by atoms with van der Waals surface area (Å²) in [6.07, 6.45) is 1.69. The highest BCUT2D eigenvalue weighted by atomic mass is 19.4. The number of alkyl halides is 3. The lowest BCUT2D eigenvalue weighted by atomic mass is 10.0. The van der Waals surface area contributed by atoms with Crippen LogP contribution >= 0.6 is 0 Å². The summed E-state index contributed by atoms with van der Waals surface area (Å²) in [7, 11) is 0. The standard InChI is InChI=1S/C16H17F3N4/c1-2-15(5-6-15)10-21-13-8-12(16(17,18)19)22-14(23-13)11-4-3-7-20-9-11/h3-4,7-9H,2,5-6,10H2,1H3,(H,21,22,23). The van der Waals surface area contributed by atoms with Gasteiger partial charge in [-0.05, 0) is 36.8 Å². The van der Waals surface area contributed by atoms with Gasteiger partial charge >= 0.3 is 6.18 Å². The van der Waals surface area contributed by atoms with Gasteiger partial charge in [-0.25, -0.2) is 9.97 Å². The number of nitrogens with zero attached hydrogens (tertiary/aromatic N) is 3. The van der Waals surface area contributed by atoms with Gasteiger partial charge in [0.05, 0.1) is 0 Å². The average Bonchev–Trinajstić information content (AvgIpc) is 3.33. The molecule has 0 bridgehead atoms. The van der Waals surface area contributed by atoms with Gasteiger partial charge in [0.25, 0.3) is 0 Å². The van der Waals surface area contributed by atoms with Crippen molar-refractivity contribution in [3.63, 3.8) is 0 Å². The van der Waals surface area contributed by atoms with Crippen LogP contribution in [0.2, 0.25) is 0 Å². The summed E-state index contributed by atoms with van der Waals surface area (Å²) in [4.78, 5) is 11.8. The van der Waals surface area contributed by atoms with Crippen molar-refractivity contribution in [3.8, 4) is 11.4 Å². The first-order valence-electron chi connectivity index (χ1n) is 7.52. The lowest BCUT2D eigenvalue weighted by Crippen LogP contribution is -2.17. The van der Waals surface area contributed by atoms with Crippen molar-refractivity contribution in [1.29, 1.82) is 0 Å². The molecule has 4 nitrogen and oxygen atoms in total. The van der Waals surface area contributed by atoms with Crippen LogP contribution in [0.3, 0.4) is 0 Å². The van der Waals surface area contributed by atoms with Gasteiger partial charge in [0.2, 0.25) is 0 Å². The van der Waals surface area contributed by atoms with Crippen molar-refractivity contribution in [1.82, 2.24) is 15.0 Å². The van der Waals surface area contributed by atoms with Crippen LogP contribution in [0.25, 0.3) is 11.4 Å². The highest BCUT2D eigenvalue weighted by Gasteiger charge is 2.40. The van der Waals surface area contributed by atoms with Gasteiger partial charge in [-0.15, -0.1) is 0 Å². The molecule has 1 N–H and O–H groups in total. The molecule has 1 saturated carbocycles. The summed E-state index contributed by atoms with van der Waals surface area (Å²) < 4.78 is 39.2. The third-order valence-corrected chi connectivity index (χ3v) is 4.29. The normalized spacial score (nSPS) is 16.2. The molecule has 1 aliphatic rings. The van der Waals surface area contributed by atoms with Crippen molar-refractivity contribution in [2.45, 2.75) is 32.4 Å². The molecule has 23 heavy (non-hydrogen) atoms. The van der Waals surface area contributed by atoms with Gasteiger partial charge in [-0.3, -0.25) is 4.98 Å².